The van der Waals surface area contributed by atoms with Gasteiger partial charge in [-0.25, -0.2) is 0 Å². The molecule has 3 fully saturated rings. The smallest absolute Gasteiger partial charge is 0.290 e. The summed E-state index contributed by atoms with van der Waals surface area (Å²) < 4.78 is 3.37. The fourth-order valence-corrected chi connectivity index (χ4v) is 5.91. The topological polar surface area (TPSA) is 81.9 Å². The van der Waals surface area contributed by atoms with Crippen molar-refractivity contribution in [2.24, 2.45) is 5.41 Å². The Morgan fingerprint density at radius 3 is 2.22 bits per heavy atom. The second-order valence-electron chi connectivity index (χ2n) is 11.3. The predicted molar refractivity (Wildman–Crippen MR) is 129 cm³/mol. The lowest BCUT2D eigenvalue weighted by Gasteiger charge is -2.62. The molecule has 1 saturated carbocycles. The van der Waals surface area contributed by atoms with Crippen molar-refractivity contribution in [2.45, 2.75) is 78.4 Å². The van der Waals surface area contributed by atoms with Crippen molar-refractivity contribution in [1.29, 1.82) is 0 Å². The molecule has 1 aliphatic carbocycles. The van der Waals surface area contributed by atoms with E-state index >= 15 is 0 Å². The number of rotatable bonds is 2. The second kappa shape index (κ2) is 8.63. The van der Waals surface area contributed by atoms with Gasteiger partial charge in [0.1, 0.15) is 0 Å². The average molecular weight is 512 g/mol. The number of nitrogens with zero attached hydrogens (tertiary/aromatic N) is 5. The third-order valence-corrected chi connectivity index (χ3v) is 8.28. The minimum atomic E-state index is -0.250. The number of piperazine rings is 1. The van der Waals surface area contributed by atoms with Crippen LogP contribution in [0.3, 0.4) is 0 Å². The zero-order valence-corrected chi connectivity index (χ0v) is 22.1. The summed E-state index contributed by atoms with van der Waals surface area (Å²) in [5.74, 6) is 1.18. The highest BCUT2D eigenvalue weighted by molar-refractivity contribution is 9.10. The first kappa shape index (κ1) is 25.0. The van der Waals surface area contributed by atoms with Crippen molar-refractivity contribution in [1.82, 2.24) is 19.6 Å². The van der Waals surface area contributed by atoms with Crippen LogP contribution in [0.25, 0.3) is 0 Å². The molecule has 1 aromatic heterocycles. The first-order valence-corrected chi connectivity index (χ1v) is 12.1. The third-order valence-electron chi connectivity index (χ3n) is 7.35. The van der Waals surface area contributed by atoms with Gasteiger partial charge in [0, 0.05) is 45.2 Å². The van der Waals surface area contributed by atoms with Crippen LogP contribution in [0.5, 0.6) is 0 Å². The molecule has 1 aromatic rings. The fourth-order valence-electron chi connectivity index (χ4n) is 5.44. The normalized spacial score (nSPS) is 22.6. The maximum absolute atomic E-state index is 11.8. The minimum Gasteiger partial charge on any atom is -0.483 e. The zero-order valence-electron chi connectivity index (χ0n) is 20.5. The Morgan fingerprint density at radius 1 is 1.19 bits per heavy atom. The van der Waals surface area contributed by atoms with E-state index in [2.05, 4.69) is 72.0 Å². The summed E-state index contributed by atoms with van der Waals surface area (Å²) in [4.78, 5) is 27.1. The molecule has 9 heteroatoms. The number of hydrogen-bond acceptors (Lipinski definition) is 5. The van der Waals surface area contributed by atoms with Crippen molar-refractivity contribution < 1.29 is 14.7 Å². The first-order chi connectivity index (χ1) is 14.7. The summed E-state index contributed by atoms with van der Waals surface area (Å²) in [7, 11) is 0. The third kappa shape index (κ3) is 4.55. The monoisotopic (exact) mass is 511 g/mol. The molecule has 1 spiro atoms. The van der Waals surface area contributed by atoms with E-state index < -0.39 is 0 Å². The molecule has 0 radical (unpaired) electrons. The second-order valence-corrected chi connectivity index (χ2v) is 12.1. The van der Waals surface area contributed by atoms with E-state index in [1.165, 1.54) is 31.6 Å². The number of amides is 1. The molecule has 180 valence electrons. The predicted octanol–water partition coefficient (Wildman–Crippen LogP) is 3.54. The van der Waals surface area contributed by atoms with E-state index in [9.17, 15) is 4.79 Å². The standard InChI is InChI=1S/C22H36BrN5O.CH2O2/c1-15-18(23)19(27-9-8-25(16(2)29)12-21(27,6)7)24-28(15)17-10-22(11-17)13-26(14-22)20(3,4)5;2-1-3/h17H,8-14H2,1-7H3;1H,(H,2,3). The Labute approximate surface area is 200 Å². The molecule has 8 nitrogen and oxygen atoms in total. The highest BCUT2D eigenvalue weighted by atomic mass is 79.9. The molecule has 2 aliphatic heterocycles. The van der Waals surface area contributed by atoms with Crippen molar-refractivity contribution in [3.8, 4) is 0 Å². The Morgan fingerprint density at radius 2 is 1.75 bits per heavy atom. The van der Waals surface area contributed by atoms with Crippen LogP contribution in [0.15, 0.2) is 4.47 Å². The molecular formula is C23H38BrN5O3. The van der Waals surface area contributed by atoms with Gasteiger partial charge in [0.05, 0.1) is 21.7 Å². The summed E-state index contributed by atoms with van der Waals surface area (Å²) >= 11 is 3.84. The maximum atomic E-state index is 11.8. The van der Waals surface area contributed by atoms with Gasteiger partial charge in [-0.1, -0.05) is 0 Å². The molecule has 4 rings (SSSR count). The van der Waals surface area contributed by atoms with E-state index in [4.69, 9.17) is 15.0 Å². The van der Waals surface area contributed by atoms with Gasteiger partial charge in [-0.05, 0) is 75.7 Å². The minimum absolute atomic E-state index is 0.139. The van der Waals surface area contributed by atoms with E-state index in [0.717, 1.165) is 29.9 Å². The lowest BCUT2D eigenvalue weighted by Crippen LogP contribution is -2.67. The number of anilines is 1. The molecule has 0 aromatic carbocycles. The van der Waals surface area contributed by atoms with E-state index in [-0.39, 0.29) is 23.5 Å². The number of halogens is 1. The zero-order chi connectivity index (χ0) is 24.1. The molecule has 1 amide bonds. The Hall–Kier alpha value is -1.61. The summed E-state index contributed by atoms with van der Waals surface area (Å²) in [5.41, 5.74) is 1.87. The number of carbonyl (C=O) groups excluding carboxylic acids is 1. The van der Waals surface area contributed by atoms with Crippen LogP contribution < -0.4 is 4.90 Å². The fraction of sp³-hybridized carbons (Fsp3) is 0.783. The van der Waals surface area contributed by atoms with Gasteiger partial charge in [0.15, 0.2) is 5.82 Å². The quantitative estimate of drug-likeness (QED) is 0.611. The molecule has 3 aliphatic rings. The van der Waals surface area contributed by atoms with Gasteiger partial charge in [0.2, 0.25) is 5.91 Å². The van der Waals surface area contributed by atoms with Crippen LogP contribution >= 0.6 is 15.9 Å². The average Bonchev–Trinajstić information content (AvgIpc) is 2.87. The van der Waals surface area contributed by atoms with E-state index in [1.807, 2.05) is 4.90 Å². The summed E-state index contributed by atoms with van der Waals surface area (Å²) in [6.45, 7) is 19.7. The maximum Gasteiger partial charge on any atom is 0.290 e. The van der Waals surface area contributed by atoms with Gasteiger partial charge in [-0.15, -0.1) is 0 Å². The van der Waals surface area contributed by atoms with Crippen molar-refractivity contribution in [3.05, 3.63) is 10.2 Å². The number of carbonyl (C=O) groups is 2. The number of carboxylic acid groups (broad SMARTS) is 1. The van der Waals surface area contributed by atoms with Gasteiger partial charge >= 0.3 is 0 Å². The molecular weight excluding hydrogens is 474 g/mol. The molecule has 1 N–H and O–H groups in total. The van der Waals surface area contributed by atoms with Gasteiger partial charge < -0.3 is 14.9 Å². The molecule has 32 heavy (non-hydrogen) atoms. The molecule has 2 saturated heterocycles. The number of hydrogen-bond donors (Lipinski definition) is 1. The Kier molecular flexibility index (Phi) is 6.75. The Balaban J connectivity index is 0.000000913. The molecule has 0 atom stereocenters. The van der Waals surface area contributed by atoms with Crippen LogP contribution in [-0.2, 0) is 9.59 Å². The Bertz CT molecular complexity index is 862. The van der Waals surface area contributed by atoms with E-state index in [0.29, 0.717) is 11.5 Å². The lowest BCUT2D eigenvalue weighted by molar-refractivity contribution is -0.130. The summed E-state index contributed by atoms with van der Waals surface area (Å²) in [6.07, 6.45) is 2.46. The van der Waals surface area contributed by atoms with Gasteiger partial charge in [-0.2, -0.15) is 5.10 Å². The molecule has 0 unspecified atom stereocenters. The molecule has 3 heterocycles. The SMILES string of the molecule is CC(=O)N1CCN(c2nn(C3CC4(C3)CN(C(C)(C)C)C4)c(C)c2Br)C(C)(C)C1.O=CO. The van der Waals surface area contributed by atoms with Crippen molar-refractivity contribution in [2.75, 3.05) is 37.6 Å². The van der Waals surface area contributed by atoms with Crippen molar-refractivity contribution in [3.63, 3.8) is 0 Å². The van der Waals surface area contributed by atoms with E-state index in [1.54, 1.807) is 6.92 Å². The lowest BCUT2D eigenvalue weighted by atomic mass is 9.59. The molecule has 0 bridgehead atoms. The van der Waals surface area contributed by atoms with Gasteiger partial charge in [-0.3, -0.25) is 19.2 Å². The van der Waals surface area contributed by atoms with Crippen molar-refractivity contribution >= 4 is 34.1 Å². The van der Waals surface area contributed by atoms with Crippen LogP contribution in [0, 0.1) is 12.3 Å². The van der Waals surface area contributed by atoms with Crippen LogP contribution in [0.4, 0.5) is 5.82 Å². The number of likely N-dealkylation sites (tertiary alicyclic amines) is 1. The summed E-state index contributed by atoms with van der Waals surface area (Å²) in [6, 6.07) is 0.504. The van der Waals surface area contributed by atoms with Crippen LogP contribution in [0.1, 0.15) is 66.1 Å². The highest BCUT2D eigenvalue weighted by Crippen LogP contribution is 2.56. The van der Waals surface area contributed by atoms with Crippen LogP contribution in [0.2, 0.25) is 0 Å². The van der Waals surface area contributed by atoms with Gasteiger partial charge in [0.25, 0.3) is 6.47 Å². The van der Waals surface area contributed by atoms with Crippen LogP contribution in [-0.4, -0.2) is 80.9 Å². The summed E-state index contributed by atoms with van der Waals surface area (Å²) in [5, 5.41) is 12.0. The largest absolute Gasteiger partial charge is 0.483 e. The highest BCUT2D eigenvalue weighted by Gasteiger charge is 2.55. The number of aromatic nitrogens is 2. The first-order valence-electron chi connectivity index (χ1n) is 11.4.